The third-order valence-electron chi connectivity index (χ3n) is 3.22. The van der Waals surface area contributed by atoms with Crippen LogP contribution < -0.4 is 11.2 Å². The predicted molar refractivity (Wildman–Crippen MR) is 66.7 cm³/mol. The zero-order valence-electron chi connectivity index (χ0n) is 10.3. The van der Waals surface area contributed by atoms with Crippen LogP contribution in [0.5, 0.6) is 0 Å². The van der Waals surface area contributed by atoms with E-state index in [9.17, 15) is 8.78 Å². The fourth-order valence-corrected chi connectivity index (χ4v) is 2.28. The van der Waals surface area contributed by atoms with E-state index in [2.05, 4.69) is 10.4 Å². The predicted octanol–water partition coefficient (Wildman–Crippen LogP) is 1.96. The van der Waals surface area contributed by atoms with Gasteiger partial charge in [-0.15, -0.1) is 0 Å². The van der Waals surface area contributed by atoms with Gasteiger partial charge in [0.15, 0.2) is 0 Å². The topological polar surface area (TPSA) is 41.3 Å². The molecule has 0 radical (unpaired) electrons. The first-order valence-corrected chi connectivity index (χ1v) is 6.36. The molecule has 1 aromatic rings. The van der Waals surface area contributed by atoms with E-state index in [0.717, 1.165) is 32.0 Å². The standard InChI is InChI=1S/C13H19F2N3/c14-11-6-10(7-12(15)8-11)13(9-16)17-18-4-2-1-3-5-18/h6-8,13,17H,1-5,9,16H2. The van der Waals surface area contributed by atoms with Gasteiger partial charge in [-0.3, -0.25) is 0 Å². The van der Waals surface area contributed by atoms with E-state index in [0.29, 0.717) is 12.1 Å². The lowest BCUT2D eigenvalue weighted by atomic mass is 10.1. The molecule has 0 aromatic heterocycles. The number of nitrogens with one attached hydrogen (secondary N) is 1. The van der Waals surface area contributed by atoms with Gasteiger partial charge in [0.05, 0.1) is 6.04 Å². The van der Waals surface area contributed by atoms with E-state index < -0.39 is 11.6 Å². The Hall–Kier alpha value is -1.04. The van der Waals surface area contributed by atoms with Crippen molar-refractivity contribution in [2.45, 2.75) is 25.3 Å². The molecule has 1 aromatic carbocycles. The fourth-order valence-electron chi connectivity index (χ4n) is 2.28. The quantitative estimate of drug-likeness (QED) is 0.864. The lowest BCUT2D eigenvalue weighted by molar-refractivity contribution is 0.130. The smallest absolute Gasteiger partial charge is 0.126 e. The summed E-state index contributed by atoms with van der Waals surface area (Å²) >= 11 is 0. The van der Waals surface area contributed by atoms with Crippen molar-refractivity contribution in [3.05, 3.63) is 35.4 Å². The maximum atomic E-state index is 13.2. The van der Waals surface area contributed by atoms with Crippen LogP contribution in [0.4, 0.5) is 8.78 Å². The van der Waals surface area contributed by atoms with E-state index in [1.807, 2.05) is 0 Å². The lowest BCUT2D eigenvalue weighted by Crippen LogP contribution is -2.45. The maximum Gasteiger partial charge on any atom is 0.126 e. The number of hydrazine groups is 1. The largest absolute Gasteiger partial charge is 0.329 e. The van der Waals surface area contributed by atoms with E-state index in [4.69, 9.17) is 5.73 Å². The second kappa shape index (κ2) is 6.22. The molecule has 2 rings (SSSR count). The Kier molecular flexibility index (Phi) is 4.63. The van der Waals surface area contributed by atoms with Gasteiger partial charge >= 0.3 is 0 Å². The van der Waals surface area contributed by atoms with Gasteiger partial charge in [-0.1, -0.05) is 6.42 Å². The van der Waals surface area contributed by atoms with Gasteiger partial charge < -0.3 is 5.73 Å². The average Bonchev–Trinajstić information content (AvgIpc) is 2.36. The number of nitrogens with two attached hydrogens (primary N) is 1. The summed E-state index contributed by atoms with van der Waals surface area (Å²) in [5, 5.41) is 2.09. The van der Waals surface area contributed by atoms with Crippen molar-refractivity contribution in [3.63, 3.8) is 0 Å². The molecule has 3 nitrogen and oxygen atoms in total. The van der Waals surface area contributed by atoms with Crippen LogP contribution in [0.1, 0.15) is 30.9 Å². The van der Waals surface area contributed by atoms with Crippen LogP contribution in [0.2, 0.25) is 0 Å². The van der Waals surface area contributed by atoms with Gasteiger partial charge in [0, 0.05) is 25.7 Å². The van der Waals surface area contributed by atoms with Crippen LogP contribution in [0.3, 0.4) is 0 Å². The Morgan fingerprint density at radius 2 is 1.72 bits per heavy atom. The van der Waals surface area contributed by atoms with Crippen LogP contribution in [0.25, 0.3) is 0 Å². The summed E-state index contributed by atoms with van der Waals surface area (Å²) in [6, 6.07) is 3.29. The zero-order chi connectivity index (χ0) is 13.0. The monoisotopic (exact) mass is 255 g/mol. The maximum absolute atomic E-state index is 13.2. The SMILES string of the molecule is NCC(NN1CCCCC1)c1cc(F)cc(F)c1. The van der Waals surface area contributed by atoms with Crippen molar-refractivity contribution in [1.82, 2.24) is 10.4 Å². The first-order valence-electron chi connectivity index (χ1n) is 6.36. The summed E-state index contributed by atoms with van der Waals surface area (Å²) in [5.74, 6) is -1.13. The van der Waals surface area contributed by atoms with Gasteiger partial charge in [0.1, 0.15) is 11.6 Å². The summed E-state index contributed by atoms with van der Waals surface area (Å²) in [6.45, 7) is 2.21. The van der Waals surface area contributed by atoms with Crippen LogP contribution in [0.15, 0.2) is 18.2 Å². The highest BCUT2D eigenvalue weighted by molar-refractivity contribution is 5.21. The number of nitrogens with zero attached hydrogens (tertiary/aromatic N) is 1. The molecule has 1 atom stereocenters. The van der Waals surface area contributed by atoms with Gasteiger partial charge in [0.25, 0.3) is 0 Å². The minimum Gasteiger partial charge on any atom is -0.329 e. The molecule has 0 amide bonds. The molecule has 0 spiro atoms. The Balaban J connectivity index is 2.06. The van der Waals surface area contributed by atoms with E-state index in [1.165, 1.54) is 18.6 Å². The average molecular weight is 255 g/mol. The zero-order valence-corrected chi connectivity index (χ0v) is 10.3. The number of piperidine rings is 1. The normalized spacial score (nSPS) is 18.8. The molecular weight excluding hydrogens is 236 g/mol. The fraction of sp³-hybridized carbons (Fsp3) is 0.538. The minimum atomic E-state index is -0.566. The van der Waals surface area contributed by atoms with Gasteiger partial charge in [-0.2, -0.15) is 0 Å². The summed E-state index contributed by atoms with van der Waals surface area (Å²) in [7, 11) is 0. The molecule has 0 bridgehead atoms. The second-order valence-electron chi connectivity index (χ2n) is 4.67. The molecule has 1 heterocycles. The van der Waals surface area contributed by atoms with Gasteiger partial charge in [-0.05, 0) is 30.5 Å². The van der Waals surface area contributed by atoms with Crippen LogP contribution in [-0.4, -0.2) is 24.6 Å². The van der Waals surface area contributed by atoms with E-state index in [-0.39, 0.29) is 6.04 Å². The molecule has 3 N–H and O–H groups in total. The van der Waals surface area contributed by atoms with Crippen molar-refractivity contribution < 1.29 is 8.78 Å². The molecular formula is C13H19F2N3. The highest BCUT2D eigenvalue weighted by Gasteiger charge is 2.17. The van der Waals surface area contributed by atoms with Crippen molar-refractivity contribution in [2.24, 2.45) is 5.73 Å². The van der Waals surface area contributed by atoms with Crippen LogP contribution >= 0.6 is 0 Å². The van der Waals surface area contributed by atoms with Gasteiger partial charge in [0.2, 0.25) is 0 Å². The Labute approximate surface area is 106 Å². The molecule has 0 aliphatic carbocycles. The number of benzene rings is 1. The van der Waals surface area contributed by atoms with E-state index >= 15 is 0 Å². The van der Waals surface area contributed by atoms with Crippen LogP contribution in [-0.2, 0) is 0 Å². The number of halogens is 2. The first-order chi connectivity index (χ1) is 8.69. The Morgan fingerprint density at radius 1 is 1.11 bits per heavy atom. The first kappa shape index (κ1) is 13.4. The molecule has 1 unspecified atom stereocenters. The third-order valence-corrected chi connectivity index (χ3v) is 3.22. The second-order valence-corrected chi connectivity index (χ2v) is 4.67. The van der Waals surface area contributed by atoms with E-state index in [1.54, 1.807) is 0 Å². The summed E-state index contributed by atoms with van der Waals surface area (Å²) in [6.07, 6.45) is 3.52. The van der Waals surface area contributed by atoms with Crippen molar-refractivity contribution in [1.29, 1.82) is 0 Å². The Bertz CT molecular complexity index is 372. The molecule has 100 valence electrons. The molecule has 0 saturated carbocycles. The number of rotatable bonds is 4. The Morgan fingerprint density at radius 3 is 2.28 bits per heavy atom. The molecule has 1 fully saturated rings. The van der Waals surface area contributed by atoms with Crippen molar-refractivity contribution in [2.75, 3.05) is 19.6 Å². The third kappa shape index (κ3) is 3.48. The van der Waals surface area contributed by atoms with Crippen LogP contribution in [0, 0.1) is 11.6 Å². The summed E-state index contributed by atoms with van der Waals surface area (Å²) in [4.78, 5) is 0. The molecule has 1 saturated heterocycles. The van der Waals surface area contributed by atoms with Crippen molar-refractivity contribution >= 4 is 0 Å². The highest BCUT2D eigenvalue weighted by Crippen LogP contribution is 2.17. The summed E-state index contributed by atoms with van der Waals surface area (Å²) in [5.41, 5.74) is 9.50. The molecule has 1 aliphatic heterocycles. The van der Waals surface area contributed by atoms with Gasteiger partial charge in [-0.25, -0.2) is 19.2 Å². The minimum absolute atomic E-state index is 0.242. The number of hydrogen-bond acceptors (Lipinski definition) is 3. The molecule has 1 aliphatic rings. The molecule has 5 heteroatoms. The summed E-state index contributed by atoms with van der Waals surface area (Å²) < 4.78 is 26.4. The number of hydrogen-bond donors (Lipinski definition) is 2. The highest BCUT2D eigenvalue weighted by atomic mass is 19.1. The van der Waals surface area contributed by atoms with Crippen molar-refractivity contribution in [3.8, 4) is 0 Å². The molecule has 18 heavy (non-hydrogen) atoms. The lowest BCUT2D eigenvalue weighted by Gasteiger charge is -2.31.